The number of hydrogen-bond donors (Lipinski definition) is 0. The van der Waals surface area contributed by atoms with E-state index in [1.807, 2.05) is 36.4 Å². The fraction of sp³-hybridized carbons (Fsp3) is 0.240. The summed E-state index contributed by atoms with van der Waals surface area (Å²) in [5.74, 6) is 2.44. The van der Waals surface area contributed by atoms with Gasteiger partial charge in [0.05, 0.1) is 39.9 Å². The van der Waals surface area contributed by atoms with E-state index < -0.39 is 0 Å². The second-order valence-electron chi connectivity index (χ2n) is 7.39. The van der Waals surface area contributed by atoms with Crippen LogP contribution in [0, 0.1) is 0 Å². The summed E-state index contributed by atoms with van der Waals surface area (Å²) in [6.07, 6.45) is 1.60. The molecule has 0 aliphatic rings. The van der Waals surface area contributed by atoms with Gasteiger partial charge in [-0.1, -0.05) is 42.1 Å². The fourth-order valence-corrected chi connectivity index (χ4v) is 4.10. The topological polar surface area (TPSA) is 100 Å². The molecule has 0 aliphatic heterocycles. The van der Waals surface area contributed by atoms with Crippen molar-refractivity contribution in [2.24, 2.45) is 0 Å². The summed E-state index contributed by atoms with van der Waals surface area (Å²) >= 11 is 1.17. The van der Waals surface area contributed by atoms with Gasteiger partial charge in [-0.15, -0.1) is 10.2 Å². The zero-order chi connectivity index (χ0) is 24.6. The average molecular weight is 496 g/mol. The highest BCUT2D eigenvalue weighted by atomic mass is 32.2. The number of furan rings is 1. The Bertz CT molecular complexity index is 1220. The summed E-state index contributed by atoms with van der Waals surface area (Å²) in [6.45, 7) is 0.823. The number of carbonyl (C=O) groups excluding carboxylic acids is 1. The first kappa shape index (κ1) is 24.2. The monoisotopic (exact) mass is 495 g/mol. The molecule has 4 rings (SSSR count). The van der Waals surface area contributed by atoms with Gasteiger partial charge >= 0.3 is 0 Å². The molecule has 2 heterocycles. The number of hydrogen-bond acceptors (Lipinski definition) is 9. The van der Waals surface area contributed by atoms with Gasteiger partial charge in [0, 0.05) is 12.1 Å². The number of methoxy groups -OCH3 is 3. The van der Waals surface area contributed by atoms with Gasteiger partial charge in [0.2, 0.25) is 17.5 Å². The number of ether oxygens (including phenoxy) is 3. The van der Waals surface area contributed by atoms with E-state index in [-0.39, 0.29) is 22.8 Å². The normalized spacial score (nSPS) is 10.7. The quantitative estimate of drug-likeness (QED) is 0.275. The summed E-state index contributed by atoms with van der Waals surface area (Å²) in [7, 11) is 4.60. The molecule has 1 amide bonds. The molecule has 0 fully saturated rings. The standard InChI is InChI=1S/C25H25N3O6S/c1-30-20-12-18(13-21(31-2)23(20)32-3)24-26-27-25(34-24)35-16-22(29)28(15-19-10-7-11-33-19)14-17-8-5-4-6-9-17/h4-13H,14-16H2,1-3H3. The second-order valence-corrected chi connectivity index (χ2v) is 8.32. The van der Waals surface area contributed by atoms with Crippen molar-refractivity contribution in [3.05, 3.63) is 72.2 Å². The molecule has 0 atom stereocenters. The van der Waals surface area contributed by atoms with Crippen LogP contribution >= 0.6 is 11.8 Å². The number of carbonyl (C=O) groups is 1. The third-order valence-electron chi connectivity index (χ3n) is 5.13. The molecule has 10 heteroatoms. The van der Waals surface area contributed by atoms with Crippen LogP contribution in [-0.2, 0) is 17.9 Å². The molecule has 0 radical (unpaired) electrons. The van der Waals surface area contributed by atoms with Crippen LogP contribution in [0.3, 0.4) is 0 Å². The van der Waals surface area contributed by atoms with Gasteiger partial charge in [-0.25, -0.2) is 0 Å². The Morgan fingerprint density at radius 1 is 0.943 bits per heavy atom. The fourth-order valence-electron chi connectivity index (χ4n) is 3.43. The Morgan fingerprint density at radius 3 is 2.31 bits per heavy atom. The highest BCUT2D eigenvalue weighted by Crippen LogP contribution is 2.41. The van der Waals surface area contributed by atoms with Crippen molar-refractivity contribution in [1.82, 2.24) is 15.1 Å². The van der Waals surface area contributed by atoms with Crippen LogP contribution in [0.1, 0.15) is 11.3 Å². The molecule has 2 aromatic heterocycles. The van der Waals surface area contributed by atoms with E-state index in [0.717, 1.165) is 5.56 Å². The molecule has 182 valence electrons. The molecular formula is C25H25N3O6S. The van der Waals surface area contributed by atoms with Crippen molar-refractivity contribution >= 4 is 17.7 Å². The lowest BCUT2D eigenvalue weighted by Crippen LogP contribution is -2.31. The molecule has 0 spiro atoms. The summed E-state index contributed by atoms with van der Waals surface area (Å²) in [5, 5.41) is 8.47. The molecule has 0 aliphatic carbocycles. The minimum Gasteiger partial charge on any atom is -0.493 e. The van der Waals surface area contributed by atoms with Crippen molar-refractivity contribution in [2.45, 2.75) is 18.3 Å². The van der Waals surface area contributed by atoms with Gasteiger partial charge < -0.3 is 27.9 Å². The molecule has 4 aromatic rings. The predicted octanol–water partition coefficient (Wildman–Crippen LogP) is 4.68. The first-order valence-electron chi connectivity index (χ1n) is 10.7. The smallest absolute Gasteiger partial charge is 0.277 e. The van der Waals surface area contributed by atoms with Crippen LogP contribution in [-0.4, -0.2) is 48.1 Å². The molecule has 9 nitrogen and oxygen atoms in total. The number of aromatic nitrogens is 2. The van der Waals surface area contributed by atoms with E-state index in [1.54, 1.807) is 29.4 Å². The number of benzene rings is 2. The van der Waals surface area contributed by atoms with Gasteiger partial charge in [-0.3, -0.25) is 4.79 Å². The Kier molecular flexibility index (Phi) is 7.94. The lowest BCUT2D eigenvalue weighted by atomic mass is 10.2. The third kappa shape index (κ3) is 5.96. The van der Waals surface area contributed by atoms with E-state index in [0.29, 0.717) is 41.7 Å². The molecule has 0 unspecified atom stereocenters. The van der Waals surface area contributed by atoms with Crippen LogP contribution in [0.2, 0.25) is 0 Å². The van der Waals surface area contributed by atoms with Crippen molar-refractivity contribution in [3.63, 3.8) is 0 Å². The molecular weight excluding hydrogens is 470 g/mol. The molecule has 2 aromatic carbocycles. The maximum Gasteiger partial charge on any atom is 0.277 e. The van der Waals surface area contributed by atoms with Gasteiger partial charge in [0.1, 0.15) is 5.76 Å². The Balaban J connectivity index is 1.46. The average Bonchev–Trinajstić information content (AvgIpc) is 3.59. The number of amides is 1. The Labute approximate surface area is 207 Å². The Morgan fingerprint density at radius 2 is 1.69 bits per heavy atom. The lowest BCUT2D eigenvalue weighted by molar-refractivity contribution is -0.129. The van der Waals surface area contributed by atoms with Crippen molar-refractivity contribution in [3.8, 4) is 28.7 Å². The van der Waals surface area contributed by atoms with Gasteiger partial charge in [-0.2, -0.15) is 0 Å². The van der Waals surface area contributed by atoms with E-state index in [4.69, 9.17) is 23.0 Å². The van der Waals surface area contributed by atoms with Gasteiger partial charge in [-0.05, 0) is 29.8 Å². The van der Waals surface area contributed by atoms with E-state index in [9.17, 15) is 4.79 Å². The van der Waals surface area contributed by atoms with Gasteiger partial charge in [0.15, 0.2) is 11.5 Å². The lowest BCUT2D eigenvalue weighted by Gasteiger charge is -2.21. The van der Waals surface area contributed by atoms with E-state index in [2.05, 4.69) is 10.2 Å². The predicted molar refractivity (Wildman–Crippen MR) is 130 cm³/mol. The second kappa shape index (κ2) is 11.5. The minimum atomic E-state index is -0.0808. The number of rotatable bonds is 11. The summed E-state index contributed by atoms with van der Waals surface area (Å²) in [5.41, 5.74) is 1.63. The van der Waals surface area contributed by atoms with E-state index in [1.165, 1.54) is 33.1 Å². The van der Waals surface area contributed by atoms with Crippen molar-refractivity contribution in [2.75, 3.05) is 27.1 Å². The zero-order valence-electron chi connectivity index (χ0n) is 19.6. The van der Waals surface area contributed by atoms with E-state index >= 15 is 0 Å². The van der Waals surface area contributed by atoms with Crippen molar-refractivity contribution in [1.29, 1.82) is 0 Å². The zero-order valence-corrected chi connectivity index (χ0v) is 20.4. The Hall–Kier alpha value is -3.92. The maximum atomic E-state index is 13.1. The SMILES string of the molecule is COc1cc(-c2nnc(SCC(=O)N(Cc3ccccc3)Cc3ccco3)o2)cc(OC)c1OC. The molecule has 35 heavy (non-hydrogen) atoms. The summed E-state index contributed by atoms with van der Waals surface area (Å²) in [4.78, 5) is 14.8. The number of nitrogens with zero attached hydrogens (tertiary/aromatic N) is 3. The minimum absolute atomic E-state index is 0.0808. The van der Waals surface area contributed by atoms with Crippen LogP contribution in [0.15, 0.2) is 74.9 Å². The van der Waals surface area contributed by atoms with Crippen LogP contribution in [0.5, 0.6) is 17.2 Å². The summed E-state index contributed by atoms with van der Waals surface area (Å²) in [6, 6.07) is 16.9. The third-order valence-corrected chi connectivity index (χ3v) is 5.94. The largest absolute Gasteiger partial charge is 0.493 e. The maximum absolute atomic E-state index is 13.1. The first-order valence-corrected chi connectivity index (χ1v) is 11.7. The van der Waals surface area contributed by atoms with Crippen LogP contribution < -0.4 is 14.2 Å². The molecule has 0 saturated heterocycles. The summed E-state index contributed by atoms with van der Waals surface area (Å²) < 4.78 is 27.4. The van der Waals surface area contributed by atoms with Crippen molar-refractivity contribution < 1.29 is 27.8 Å². The van der Waals surface area contributed by atoms with Crippen LogP contribution in [0.25, 0.3) is 11.5 Å². The number of thioether (sulfide) groups is 1. The highest BCUT2D eigenvalue weighted by molar-refractivity contribution is 7.99. The molecule has 0 bridgehead atoms. The van der Waals surface area contributed by atoms with Crippen LogP contribution in [0.4, 0.5) is 0 Å². The highest BCUT2D eigenvalue weighted by Gasteiger charge is 2.20. The first-order chi connectivity index (χ1) is 17.1. The molecule has 0 saturated carbocycles. The van der Waals surface area contributed by atoms with Gasteiger partial charge in [0.25, 0.3) is 5.22 Å². The molecule has 0 N–H and O–H groups in total.